The normalized spacial score (nSPS) is 15.3. The van der Waals surface area contributed by atoms with Crippen LogP contribution in [0.2, 0.25) is 0 Å². The molecule has 0 saturated carbocycles. The van der Waals surface area contributed by atoms with E-state index in [9.17, 15) is 16.8 Å². The summed E-state index contributed by atoms with van der Waals surface area (Å²) in [5.74, 6) is -0.0453. The zero-order valence-corrected chi connectivity index (χ0v) is 11.2. The van der Waals surface area contributed by atoms with Gasteiger partial charge in [-0.05, 0) is 12.3 Å². The van der Waals surface area contributed by atoms with Gasteiger partial charge in [0.15, 0.2) is 0 Å². The van der Waals surface area contributed by atoms with Crippen molar-refractivity contribution in [2.24, 2.45) is 5.92 Å². The Hall–Kier alpha value is -0.180. The van der Waals surface area contributed by atoms with Gasteiger partial charge in [0.25, 0.3) is 20.2 Å². The largest absolute Gasteiger partial charge is 0.285 e. The third kappa shape index (κ3) is 7.15. The summed E-state index contributed by atoms with van der Waals surface area (Å²) in [6.07, 6.45) is 0.684. The Balaban J connectivity index is 4.67. The zero-order valence-electron chi connectivity index (χ0n) is 9.58. The van der Waals surface area contributed by atoms with E-state index in [2.05, 4.69) is 0 Å². The van der Waals surface area contributed by atoms with Crippen molar-refractivity contribution >= 4 is 20.2 Å². The highest BCUT2D eigenvalue weighted by atomic mass is 32.3. The van der Waals surface area contributed by atoms with Crippen LogP contribution in [0.5, 0.6) is 0 Å². The van der Waals surface area contributed by atoms with Crippen LogP contribution >= 0.6 is 0 Å². The molecule has 1 atom stereocenters. The maximum atomic E-state index is 11.3. The molecule has 0 aromatic heterocycles. The lowest BCUT2D eigenvalue weighted by atomic mass is 10.0. The summed E-state index contributed by atoms with van der Waals surface area (Å²) in [5, 5.41) is -1.40. The molecule has 6 nitrogen and oxygen atoms in total. The van der Waals surface area contributed by atoms with Crippen LogP contribution < -0.4 is 0 Å². The molecule has 0 heterocycles. The minimum absolute atomic E-state index is 0.0453. The molecule has 0 aliphatic carbocycles. The summed E-state index contributed by atoms with van der Waals surface area (Å²) in [7, 11) is -8.82. The first-order valence-electron chi connectivity index (χ1n) is 4.93. The second kappa shape index (κ2) is 5.95. The molecule has 1 unspecified atom stereocenters. The number of hydrogen-bond acceptors (Lipinski definition) is 5. The second-order valence-electron chi connectivity index (χ2n) is 3.92. The Morgan fingerprint density at radius 1 is 1.19 bits per heavy atom. The third-order valence-electron chi connectivity index (χ3n) is 1.88. The van der Waals surface area contributed by atoms with Crippen molar-refractivity contribution in [3.8, 4) is 0 Å². The van der Waals surface area contributed by atoms with E-state index in [0.717, 1.165) is 6.42 Å². The highest BCUT2D eigenvalue weighted by Crippen LogP contribution is 2.16. The molecule has 8 heteroatoms. The summed E-state index contributed by atoms with van der Waals surface area (Å²) < 4.78 is 56.7. The molecule has 0 fully saturated rings. The monoisotopic (exact) mass is 274 g/mol. The molecule has 0 amide bonds. The maximum Gasteiger partial charge on any atom is 0.284 e. The highest BCUT2D eigenvalue weighted by Gasteiger charge is 2.26. The minimum Gasteiger partial charge on any atom is -0.285 e. The van der Waals surface area contributed by atoms with Gasteiger partial charge in [0, 0.05) is 0 Å². The van der Waals surface area contributed by atoms with Crippen LogP contribution in [-0.2, 0) is 24.4 Å². The minimum atomic E-state index is -4.58. The van der Waals surface area contributed by atoms with E-state index < -0.39 is 31.4 Å². The topological polar surface area (TPSA) is 97.7 Å². The first-order valence-corrected chi connectivity index (χ1v) is 8.12. The van der Waals surface area contributed by atoms with Gasteiger partial charge in [0.05, 0.1) is 6.10 Å². The summed E-state index contributed by atoms with van der Waals surface area (Å²) in [6.45, 7) is 5.43. The molecule has 0 aromatic carbocycles. The van der Waals surface area contributed by atoms with Gasteiger partial charge in [0.1, 0.15) is 0 Å². The molecule has 0 radical (unpaired) electrons. The average Bonchev–Trinajstić information content (AvgIpc) is 1.97. The fraction of sp³-hybridized carbons (Fsp3) is 1.00. The van der Waals surface area contributed by atoms with Crippen molar-refractivity contribution in [1.29, 1.82) is 0 Å². The van der Waals surface area contributed by atoms with Crippen molar-refractivity contribution in [3.63, 3.8) is 0 Å². The van der Waals surface area contributed by atoms with Crippen molar-refractivity contribution in [1.82, 2.24) is 0 Å². The van der Waals surface area contributed by atoms with Crippen LogP contribution in [-0.4, -0.2) is 32.6 Å². The van der Waals surface area contributed by atoms with Gasteiger partial charge in [0.2, 0.25) is 5.08 Å². The molecule has 0 rings (SSSR count). The Morgan fingerprint density at radius 3 is 2.00 bits per heavy atom. The van der Waals surface area contributed by atoms with Gasteiger partial charge in [-0.1, -0.05) is 27.2 Å². The third-order valence-corrected chi connectivity index (χ3v) is 4.77. The van der Waals surface area contributed by atoms with Gasteiger partial charge in [-0.25, -0.2) is 0 Å². The molecule has 0 aromatic rings. The van der Waals surface area contributed by atoms with Gasteiger partial charge in [-0.3, -0.25) is 8.74 Å². The van der Waals surface area contributed by atoms with E-state index in [1.165, 1.54) is 0 Å². The Kier molecular flexibility index (Phi) is 5.88. The second-order valence-corrected chi connectivity index (χ2v) is 7.34. The van der Waals surface area contributed by atoms with Crippen LogP contribution in [0.1, 0.15) is 33.6 Å². The molecular weight excluding hydrogens is 256 g/mol. The summed E-state index contributed by atoms with van der Waals surface area (Å²) in [6, 6.07) is 0. The molecule has 0 aliphatic heterocycles. The molecule has 1 N–H and O–H groups in total. The standard InChI is InChI=1S/C8H18O6S2/c1-4-5-8(7(2)3)14-16(12,13)6-15(9,10)11/h7-8H,4-6H2,1-3H3,(H,9,10,11). The molecule has 16 heavy (non-hydrogen) atoms. The van der Waals surface area contributed by atoms with Crippen LogP contribution in [0, 0.1) is 5.92 Å². The zero-order chi connectivity index (χ0) is 13.0. The molecular formula is C8H18O6S2. The van der Waals surface area contributed by atoms with Gasteiger partial charge < -0.3 is 0 Å². The van der Waals surface area contributed by atoms with Gasteiger partial charge in [-0.2, -0.15) is 16.8 Å². The van der Waals surface area contributed by atoms with Crippen molar-refractivity contribution in [2.75, 3.05) is 5.08 Å². The van der Waals surface area contributed by atoms with Crippen molar-refractivity contribution < 1.29 is 25.6 Å². The van der Waals surface area contributed by atoms with Crippen LogP contribution in [0.15, 0.2) is 0 Å². The summed E-state index contributed by atoms with van der Waals surface area (Å²) in [4.78, 5) is 0. The average molecular weight is 274 g/mol. The fourth-order valence-electron chi connectivity index (χ4n) is 1.18. The van der Waals surface area contributed by atoms with Crippen LogP contribution in [0.3, 0.4) is 0 Å². The first kappa shape index (κ1) is 15.8. The highest BCUT2D eigenvalue weighted by molar-refractivity contribution is 8.03. The number of hydrogen-bond donors (Lipinski definition) is 1. The lowest BCUT2D eigenvalue weighted by Crippen LogP contribution is -2.27. The van der Waals surface area contributed by atoms with E-state index in [1.807, 2.05) is 6.92 Å². The maximum absolute atomic E-state index is 11.3. The SMILES string of the molecule is CCCC(OS(=O)(=O)CS(=O)(=O)O)C(C)C. The molecule has 0 aliphatic rings. The molecule has 0 saturated heterocycles. The summed E-state index contributed by atoms with van der Waals surface area (Å²) in [5.41, 5.74) is 0. The molecule has 0 spiro atoms. The Bertz CT molecular complexity index is 394. The summed E-state index contributed by atoms with van der Waals surface area (Å²) >= 11 is 0. The van der Waals surface area contributed by atoms with E-state index >= 15 is 0 Å². The predicted molar refractivity (Wildman–Crippen MR) is 60.0 cm³/mol. The van der Waals surface area contributed by atoms with Gasteiger partial charge >= 0.3 is 0 Å². The van der Waals surface area contributed by atoms with Crippen molar-refractivity contribution in [2.45, 2.75) is 39.7 Å². The fourth-order valence-corrected chi connectivity index (χ4v) is 3.55. The van der Waals surface area contributed by atoms with E-state index in [0.29, 0.717) is 6.42 Å². The Labute approximate surface area is 96.9 Å². The predicted octanol–water partition coefficient (Wildman–Crippen LogP) is 1.00. The number of rotatable bonds is 7. The lowest BCUT2D eigenvalue weighted by molar-refractivity contribution is 0.149. The van der Waals surface area contributed by atoms with Crippen LogP contribution in [0.25, 0.3) is 0 Å². The van der Waals surface area contributed by atoms with E-state index in [1.54, 1.807) is 13.8 Å². The van der Waals surface area contributed by atoms with E-state index in [4.69, 9.17) is 8.74 Å². The first-order chi connectivity index (χ1) is 7.07. The molecule has 98 valence electrons. The Morgan fingerprint density at radius 2 is 1.69 bits per heavy atom. The smallest absolute Gasteiger partial charge is 0.284 e. The quantitative estimate of drug-likeness (QED) is 0.549. The van der Waals surface area contributed by atoms with Crippen LogP contribution in [0.4, 0.5) is 0 Å². The van der Waals surface area contributed by atoms with Crippen molar-refractivity contribution in [3.05, 3.63) is 0 Å². The lowest BCUT2D eigenvalue weighted by Gasteiger charge is -2.19. The molecule has 0 bridgehead atoms. The van der Waals surface area contributed by atoms with E-state index in [-0.39, 0.29) is 5.92 Å². The van der Waals surface area contributed by atoms with Gasteiger partial charge in [-0.15, -0.1) is 0 Å².